The van der Waals surface area contributed by atoms with Crippen LogP contribution in [0.1, 0.15) is 26.2 Å². The van der Waals surface area contributed by atoms with Gasteiger partial charge in [0.15, 0.2) is 0 Å². The van der Waals surface area contributed by atoms with Crippen molar-refractivity contribution >= 4 is 5.97 Å². The Hall–Kier alpha value is -0.640. The third-order valence-corrected chi connectivity index (χ3v) is 3.58. The summed E-state index contributed by atoms with van der Waals surface area (Å²) in [7, 11) is 0. The maximum Gasteiger partial charge on any atom is 0.345 e. The lowest BCUT2D eigenvalue weighted by molar-refractivity contribution is -0.168. The Bertz CT molecular complexity index is 253. The summed E-state index contributed by atoms with van der Waals surface area (Å²) in [6.45, 7) is 2.69. The molecule has 0 amide bonds. The van der Waals surface area contributed by atoms with Crippen molar-refractivity contribution < 1.29 is 13.9 Å². The number of rotatable bonds is 2. The second-order valence-corrected chi connectivity index (χ2v) is 4.26. The van der Waals surface area contributed by atoms with E-state index in [1.54, 1.807) is 6.92 Å². The van der Waals surface area contributed by atoms with Crippen LogP contribution in [-0.4, -0.2) is 31.3 Å². The molecule has 2 fully saturated rings. The molecule has 0 aromatic rings. The molecule has 2 aliphatic rings. The second-order valence-electron chi connectivity index (χ2n) is 4.26. The fourth-order valence-electron chi connectivity index (χ4n) is 2.51. The monoisotopic (exact) mass is 201 g/mol. The van der Waals surface area contributed by atoms with E-state index in [1.165, 1.54) is 0 Å². The molecule has 0 aromatic carbocycles. The molecule has 1 aliphatic heterocycles. The number of hydrogen-bond acceptors (Lipinski definition) is 3. The number of carbonyl (C=O) groups excluding carboxylic acids is 1. The van der Waals surface area contributed by atoms with Gasteiger partial charge < -0.3 is 10.1 Å². The Kier molecular flexibility index (Phi) is 2.26. The molecule has 1 aliphatic carbocycles. The molecular weight excluding hydrogens is 185 g/mol. The minimum absolute atomic E-state index is 0.117. The number of halogens is 1. The molecular formula is C10H16FNO2. The summed E-state index contributed by atoms with van der Waals surface area (Å²) in [6, 6.07) is 0. The van der Waals surface area contributed by atoms with Crippen LogP contribution in [-0.2, 0) is 9.53 Å². The van der Waals surface area contributed by atoms with Crippen LogP contribution in [0.3, 0.4) is 0 Å². The molecule has 1 atom stereocenters. The van der Waals surface area contributed by atoms with Crippen molar-refractivity contribution in [2.45, 2.75) is 31.9 Å². The van der Waals surface area contributed by atoms with Crippen LogP contribution in [0, 0.1) is 5.41 Å². The van der Waals surface area contributed by atoms with E-state index in [9.17, 15) is 9.18 Å². The van der Waals surface area contributed by atoms with E-state index in [-0.39, 0.29) is 13.2 Å². The third-order valence-electron chi connectivity index (χ3n) is 3.58. The van der Waals surface area contributed by atoms with Crippen molar-refractivity contribution in [2.24, 2.45) is 5.41 Å². The van der Waals surface area contributed by atoms with Gasteiger partial charge in [0.1, 0.15) is 0 Å². The predicted molar refractivity (Wildman–Crippen MR) is 49.6 cm³/mol. The number of alkyl halides is 1. The lowest BCUT2D eigenvalue weighted by Gasteiger charge is -2.44. The van der Waals surface area contributed by atoms with Gasteiger partial charge in [-0.2, -0.15) is 0 Å². The molecule has 80 valence electrons. The zero-order valence-electron chi connectivity index (χ0n) is 8.44. The summed E-state index contributed by atoms with van der Waals surface area (Å²) in [5.41, 5.74) is -2.24. The molecule has 1 saturated heterocycles. The fourth-order valence-corrected chi connectivity index (χ4v) is 2.51. The Balaban J connectivity index is 2.16. The normalized spacial score (nSPS) is 34.1. The van der Waals surface area contributed by atoms with Crippen LogP contribution in [0.4, 0.5) is 4.39 Å². The second kappa shape index (κ2) is 3.19. The van der Waals surface area contributed by atoms with Crippen molar-refractivity contribution in [3.63, 3.8) is 0 Å². The van der Waals surface area contributed by atoms with Gasteiger partial charge in [0.2, 0.25) is 5.67 Å². The van der Waals surface area contributed by atoms with Crippen LogP contribution in [0.2, 0.25) is 0 Å². The fraction of sp³-hybridized carbons (Fsp3) is 0.900. The Morgan fingerprint density at radius 3 is 2.71 bits per heavy atom. The predicted octanol–water partition coefficient (Wildman–Crippen LogP) is 1.03. The minimum Gasteiger partial charge on any atom is -0.464 e. The van der Waals surface area contributed by atoms with E-state index in [2.05, 4.69) is 5.32 Å². The van der Waals surface area contributed by atoms with E-state index in [0.29, 0.717) is 6.54 Å². The molecule has 1 heterocycles. The van der Waals surface area contributed by atoms with E-state index in [4.69, 9.17) is 4.74 Å². The smallest absolute Gasteiger partial charge is 0.345 e. The van der Waals surface area contributed by atoms with Gasteiger partial charge in [0.05, 0.1) is 6.61 Å². The average Bonchev–Trinajstić information content (AvgIpc) is 2.44. The SMILES string of the molecule is CCOC(=O)[C@@]1(F)CNCC12CCC2. The summed E-state index contributed by atoms with van der Waals surface area (Å²) >= 11 is 0. The highest BCUT2D eigenvalue weighted by molar-refractivity contribution is 5.82. The molecule has 0 radical (unpaired) electrons. The molecule has 1 saturated carbocycles. The van der Waals surface area contributed by atoms with Crippen LogP contribution >= 0.6 is 0 Å². The number of esters is 1. The van der Waals surface area contributed by atoms with Crippen LogP contribution in [0.15, 0.2) is 0 Å². The Labute approximate surface area is 83.0 Å². The van der Waals surface area contributed by atoms with Gasteiger partial charge in [0.25, 0.3) is 0 Å². The highest BCUT2D eigenvalue weighted by Gasteiger charge is 2.64. The highest BCUT2D eigenvalue weighted by atomic mass is 19.1. The standard InChI is InChI=1S/C10H16FNO2/c1-2-14-8(13)10(11)7-12-6-9(10)4-3-5-9/h12H,2-7H2,1H3/t10-/m0/s1. The first-order valence-electron chi connectivity index (χ1n) is 5.21. The lowest BCUT2D eigenvalue weighted by atomic mass is 9.61. The number of hydrogen-bond donors (Lipinski definition) is 1. The van der Waals surface area contributed by atoms with Crippen molar-refractivity contribution in [3.05, 3.63) is 0 Å². The van der Waals surface area contributed by atoms with Crippen LogP contribution < -0.4 is 5.32 Å². The summed E-state index contributed by atoms with van der Waals surface area (Å²) < 4.78 is 19.3. The van der Waals surface area contributed by atoms with Gasteiger partial charge in [-0.1, -0.05) is 6.42 Å². The van der Waals surface area contributed by atoms with Gasteiger partial charge in [-0.3, -0.25) is 0 Å². The average molecular weight is 201 g/mol. The molecule has 3 nitrogen and oxygen atoms in total. The largest absolute Gasteiger partial charge is 0.464 e. The zero-order valence-corrected chi connectivity index (χ0v) is 8.44. The molecule has 0 aromatic heterocycles. The van der Waals surface area contributed by atoms with Gasteiger partial charge >= 0.3 is 5.97 Å². The maximum atomic E-state index is 14.5. The summed E-state index contributed by atoms with van der Waals surface area (Å²) in [5, 5.41) is 2.97. The van der Waals surface area contributed by atoms with Crippen molar-refractivity contribution in [1.29, 1.82) is 0 Å². The number of ether oxygens (including phenoxy) is 1. The van der Waals surface area contributed by atoms with Crippen LogP contribution in [0.25, 0.3) is 0 Å². The van der Waals surface area contributed by atoms with Gasteiger partial charge in [-0.25, -0.2) is 9.18 Å². The van der Waals surface area contributed by atoms with Crippen molar-refractivity contribution in [1.82, 2.24) is 5.32 Å². The van der Waals surface area contributed by atoms with E-state index in [0.717, 1.165) is 19.3 Å². The van der Waals surface area contributed by atoms with Crippen molar-refractivity contribution in [2.75, 3.05) is 19.7 Å². The maximum absolute atomic E-state index is 14.5. The topological polar surface area (TPSA) is 38.3 Å². The zero-order chi connectivity index (χ0) is 10.2. The molecule has 4 heteroatoms. The first-order valence-corrected chi connectivity index (χ1v) is 5.21. The van der Waals surface area contributed by atoms with Gasteiger partial charge in [-0.15, -0.1) is 0 Å². The summed E-state index contributed by atoms with van der Waals surface area (Å²) in [4.78, 5) is 11.5. The summed E-state index contributed by atoms with van der Waals surface area (Å²) in [6.07, 6.45) is 2.62. The summed E-state index contributed by atoms with van der Waals surface area (Å²) in [5.74, 6) is -0.676. The Morgan fingerprint density at radius 1 is 1.50 bits per heavy atom. The lowest BCUT2D eigenvalue weighted by Crippen LogP contribution is -2.54. The highest BCUT2D eigenvalue weighted by Crippen LogP contribution is 2.53. The van der Waals surface area contributed by atoms with Gasteiger partial charge in [-0.05, 0) is 19.8 Å². The third kappa shape index (κ3) is 1.10. The Morgan fingerprint density at radius 2 is 2.21 bits per heavy atom. The molecule has 1 N–H and O–H groups in total. The molecule has 1 spiro atoms. The molecule has 0 bridgehead atoms. The number of nitrogens with one attached hydrogen (secondary N) is 1. The first-order chi connectivity index (χ1) is 6.65. The minimum atomic E-state index is -1.78. The molecule has 2 rings (SSSR count). The quantitative estimate of drug-likeness (QED) is 0.678. The van der Waals surface area contributed by atoms with E-state index in [1.807, 2.05) is 0 Å². The number of carbonyl (C=O) groups is 1. The van der Waals surface area contributed by atoms with Crippen LogP contribution in [0.5, 0.6) is 0 Å². The van der Waals surface area contributed by atoms with E-state index < -0.39 is 17.1 Å². The molecule has 14 heavy (non-hydrogen) atoms. The van der Waals surface area contributed by atoms with Crippen molar-refractivity contribution in [3.8, 4) is 0 Å². The first kappa shape index (κ1) is 9.90. The van der Waals surface area contributed by atoms with E-state index >= 15 is 0 Å². The van der Waals surface area contributed by atoms with Gasteiger partial charge in [0, 0.05) is 18.5 Å². The molecule has 0 unspecified atom stereocenters.